The van der Waals surface area contributed by atoms with Crippen LogP contribution >= 0.6 is 11.3 Å². The fraction of sp³-hybridized carbons (Fsp3) is 0.545. The van der Waals surface area contributed by atoms with Crippen molar-refractivity contribution in [2.75, 3.05) is 19.3 Å². The molecule has 1 aromatic heterocycles. The molecule has 0 atom stereocenters. The average Bonchev–Trinajstić information content (AvgIpc) is 3.11. The Balaban J connectivity index is 1.52. The van der Waals surface area contributed by atoms with Gasteiger partial charge in [0.2, 0.25) is 0 Å². The zero-order chi connectivity index (χ0) is 21.6. The number of thiazole rings is 1. The third-order valence-corrected chi connectivity index (χ3v) is 7.63. The van der Waals surface area contributed by atoms with E-state index in [2.05, 4.69) is 15.6 Å². The molecule has 0 amide bonds. The average molecular weight is 449 g/mol. The number of sulfone groups is 1. The third-order valence-electron chi connectivity index (χ3n) is 5.15. The summed E-state index contributed by atoms with van der Waals surface area (Å²) in [5.41, 5.74) is 3.08. The van der Waals surface area contributed by atoms with Gasteiger partial charge < -0.3 is 10.6 Å². The topological polar surface area (TPSA) is 83.5 Å². The third kappa shape index (κ3) is 6.28. The Hall–Kier alpha value is -1.93. The van der Waals surface area contributed by atoms with Crippen LogP contribution in [0, 0.1) is 6.92 Å². The first kappa shape index (κ1) is 22.7. The summed E-state index contributed by atoms with van der Waals surface area (Å²) < 4.78 is 23.5. The maximum absolute atomic E-state index is 11.8. The first-order valence-corrected chi connectivity index (χ1v) is 13.4. The molecule has 8 heteroatoms. The van der Waals surface area contributed by atoms with Crippen molar-refractivity contribution < 1.29 is 8.42 Å². The first-order valence-electron chi connectivity index (χ1n) is 10.7. The lowest BCUT2D eigenvalue weighted by molar-refractivity contribution is 0.601. The van der Waals surface area contributed by atoms with Gasteiger partial charge in [-0.3, -0.25) is 0 Å². The zero-order valence-electron chi connectivity index (χ0n) is 18.1. The van der Waals surface area contributed by atoms with Crippen molar-refractivity contribution >= 4 is 27.1 Å². The number of hydrogen-bond acceptors (Lipinski definition) is 5. The summed E-state index contributed by atoms with van der Waals surface area (Å²) in [6.07, 6.45) is 8.17. The molecule has 0 saturated heterocycles. The molecule has 6 nitrogen and oxygen atoms in total. The van der Waals surface area contributed by atoms with Crippen LogP contribution in [0.25, 0.3) is 0 Å². The quantitative estimate of drug-likeness (QED) is 0.367. The van der Waals surface area contributed by atoms with Crippen molar-refractivity contribution in [2.45, 2.75) is 63.8 Å². The zero-order valence-corrected chi connectivity index (χ0v) is 19.8. The summed E-state index contributed by atoms with van der Waals surface area (Å²) >= 11 is 1.89. The van der Waals surface area contributed by atoms with Crippen LogP contribution in [0.5, 0.6) is 0 Å². The first-order chi connectivity index (χ1) is 14.4. The van der Waals surface area contributed by atoms with Crippen LogP contribution in [0.2, 0.25) is 0 Å². The summed E-state index contributed by atoms with van der Waals surface area (Å²) in [5, 5.41) is 7.92. The van der Waals surface area contributed by atoms with E-state index in [-0.39, 0.29) is 0 Å². The molecular formula is C22H32N4O2S2. The van der Waals surface area contributed by atoms with E-state index in [9.17, 15) is 8.42 Å². The number of guanidine groups is 1. The van der Waals surface area contributed by atoms with Crippen molar-refractivity contribution in [1.29, 1.82) is 0 Å². The number of nitrogens with one attached hydrogen (secondary N) is 2. The summed E-state index contributed by atoms with van der Waals surface area (Å²) in [4.78, 5) is 11.3. The van der Waals surface area contributed by atoms with Gasteiger partial charge in [0.15, 0.2) is 15.8 Å². The molecule has 3 rings (SSSR count). The predicted molar refractivity (Wildman–Crippen MR) is 124 cm³/mol. The highest BCUT2D eigenvalue weighted by Gasteiger charge is 2.14. The number of aliphatic imine (C=N–C) groups is 1. The molecule has 0 unspecified atom stereocenters. The van der Waals surface area contributed by atoms with Gasteiger partial charge in [0.05, 0.1) is 22.1 Å². The van der Waals surface area contributed by atoms with E-state index in [0.29, 0.717) is 11.4 Å². The largest absolute Gasteiger partial charge is 0.357 e. The maximum atomic E-state index is 11.8. The standard InChI is InChI=1S/C22H32N4O2S2/c1-4-23-22(25-15-17-11-12-20(16(2)14-17)30(3,27)28)24-13-7-10-21-26-18-8-5-6-9-19(18)29-21/h11-12,14H,4-10,13,15H2,1-3H3,(H2,23,24,25). The van der Waals surface area contributed by atoms with Crippen molar-refractivity contribution in [3.8, 4) is 0 Å². The number of aromatic nitrogens is 1. The molecule has 2 aromatic rings. The van der Waals surface area contributed by atoms with E-state index in [1.54, 1.807) is 6.07 Å². The molecule has 0 radical (unpaired) electrons. The molecule has 164 valence electrons. The minimum Gasteiger partial charge on any atom is -0.357 e. The SMILES string of the molecule is CCNC(=NCc1ccc(S(C)(=O)=O)c(C)c1)NCCCc1nc2c(s1)CCCC2. The Labute approximate surface area is 184 Å². The highest BCUT2D eigenvalue weighted by Crippen LogP contribution is 2.27. The molecule has 0 spiro atoms. The lowest BCUT2D eigenvalue weighted by Gasteiger charge is -2.11. The Morgan fingerprint density at radius 1 is 1.23 bits per heavy atom. The number of aryl methyl sites for hydroxylation is 4. The lowest BCUT2D eigenvalue weighted by atomic mass is 10.0. The Kier molecular flexibility index (Phi) is 7.88. The van der Waals surface area contributed by atoms with Crippen LogP contribution in [0.4, 0.5) is 0 Å². The maximum Gasteiger partial charge on any atom is 0.191 e. The van der Waals surface area contributed by atoms with Crippen molar-refractivity contribution in [3.63, 3.8) is 0 Å². The second-order valence-electron chi connectivity index (χ2n) is 7.78. The molecular weight excluding hydrogens is 416 g/mol. The number of fused-ring (bicyclic) bond motifs is 1. The van der Waals surface area contributed by atoms with Crippen LogP contribution in [0.15, 0.2) is 28.1 Å². The molecule has 2 N–H and O–H groups in total. The number of benzene rings is 1. The Morgan fingerprint density at radius 3 is 2.73 bits per heavy atom. The van der Waals surface area contributed by atoms with Gasteiger partial charge in [-0.25, -0.2) is 18.4 Å². The van der Waals surface area contributed by atoms with E-state index in [1.165, 1.54) is 41.1 Å². The van der Waals surface area contributed by atoms with Gasteiger partial charge in [0.25, 0.3) is 0 Å². The highest BCUT2D eigenvalue weighted by molar-refractivity contribution is 7.90. The molecule has 1 heterocycles. The fourth-order valence-corrected chi connectivity index (χ4v) is 5.85. The van der Waals surface area contributed by atoms with E-state index in [1.807, 2.05) is 37.3 Å². The van der Waals surface area contributed by atoms with Crippen LogP contribution in [-0.4, -0.2) is 38.7 Å². The van der Waals surface area contributed by atoms with Gasteiger partial charge in [0, 0.05) is 30.6 Å². The molecule has 0 fully saturated rings. The van der Waals surface area contributed by atoms with Gasteiger partial charge >= 0.3 is 0 Å². The van der Waals surface area contributed by atoms with Gasteiger partial charge in [-0.05, 0) is 63.1 Å². The summed E-state index contributed by atoms with van der Waals surface area (Å²) in [6, 6.07) is 5.40. The Morgan fingerprint density at radius 2 is 2.03 bits per heavy atom. The summed E-state index contributed by atoms with van der Waals surface area (Å²) in [7, 11) is -3.19. The van der Waals surface area contributed by atoms with Gasteiger partial charge in [-0.15, -0.1) is 11.3 Å². The molecule has 1 aliphatic carbocycles. The number of hydrogen-bond donors (Lipinski definition) is 2. The number of rotatable bonds is 8. The second-order valence-corrected chi connectivity index (χ2v) is 10.9. The second kappa shape index (κ2) is 10.4. The Bertz CT molecular complexity index is 973. The number of nitrogens with zero attached hydrogens (tertiary/aromatic N) is 2. The highest BCUT2D eigenvalue weighted by atomic mass is 32.2. The van der Waals surface area contributed by atoms with E-state index < -0.39 is 9.84 Å². The van der Waals surface area contributed by atoms with Crippen molar-refractivity contribution in [2.24, 2.45) is 4.99 Å². The summed E-state index contributed by atoms with van der Waals surface area (Å²) in [6.45, 7) is 5.99. The van der Waals surface area contributed by atoms with Crippen molar-refractivity contribution in [3.05, 3.63) is 44.9 Å². The minimum absolute atomic E-state index is 0.379. The molecule has 30 heavy (non-hydrogen) atoms. The van der Waals surface area contributed by atoms with Crippen LogP contribution in [0.1, 0.15) is 52.9 Å². The normalized spacial score (nSPS) is 14.4. The smallest absolute Gasteiger partial charge is 0.191 e. The van der Waals surface area contributed by atoms with Crippen LogP contribution in [-0.2, 0) is 35.6 Å². The van der Waals surface area contributed by atoms with Crippen LogP contribution in [0.3, 0.4) is 0 Å². The summed E-state index contributed by atoms with van der Waals surface area (Å²) in [5.74, 6) is 0.778. The van der Waals surface area contributed by atoms with Gasteiger partial charge in [0.1, 0.15) is 0 Å². The van der Waals surface area contributed by atoms with Gasteiger partial charge in [-0.1, -0.05) is 12.1 Å². The van der Waals surface area contributed by atoms with Crippen molar-refractivity contribution in [1.82, 2.24) is 15.6 Å². The van der Waals surface area contributed by atoms with Crippen LogP contribution < -0.4 is 10.6 Å². The molecule has 1 aliphatic rings. The predicted octanol–water partition coefficient (Wildman–Crippen LogP) is 3.42. The molecule has 0 saturated carbocycles. The molecule has 0 bridgehead atoms. The van der Waals surface area contributed by atoms with E-state index in [4.69, 9.17) is 4.98 Å². The van der Waals surface area contributed by atoms with E-state index >= 15 is 0 Å². The lowest BCUT2D eigenvalue weighted by Crippen LogP contribution is -2.37. The fourth-order valence-electron chi connectivity index (χ4n) is 3.70. The molecule has 0 aliphatic heterocycles. The molecule has 1 aromatic carbocycles. The minimum atomic E-state index is -3.19. The van der Waals surface area contributed by atoms with E-state index in [0.717, 1.165) is 49.4 Å². The monoisotopic (exact) mass is 448 g/mol. The van der Waals surface area contributed by atoms with Gasteiger partial charge in [-0.2, -0.15) is 0 Å².